The summed E-state index contributed by atoms with van der Waals surface area (Å²) in [7, 11) is -3.38. The van der Waals surface area contributed by atoms with Crippen molar-refractivity contribution in [3.05, 3.63) is 0 Å². The Bertz CT molecular complexity index is 467. The van der Waals surface area contributed by atoms with Gasteiger partial charge in [-0.25, -0.2) is 12.7 Å². The van der Waals surface area contributed by atoms with E-state index >= 15 is 0 Å². The Morgan fingerprint density at radius 2 is 2.05 bits per heavy atom. The maximum Gasteiger partial charge on any atom is 0.401 e. The first-order valence-electron chi connectivity index (χ1n) is 6.43. The van der Waals surface area contributed by atoms with E-state index in [-0.39, 0.29) is 19.0 Å². The van der Waals surface area contributed by atoms with Gasteiger partial charge in [-0.2, -0.15) is 13.2 Å². The first-order chi connectivity index (χ1) is 9.47. The summed E-state index contributed by atoms with van der Waals surface area (Å²) in [6.45, 7) is -1.62. The number of carbonyl (C=O) groups is 1. The second-order valence-corrected chi connectivity index (χ2v) is 7.29. The van der Waals surface area contributed by atoms with Crippen LogP contribution in [-0.4, -0.2) is 73.9 Å². The SMILES string of the molecule is CS(=O)(=O)N1CCCC(CN(CC(=O)O)CC(F)(F)F)C1. The van der Waals surface area contributed by atoms with Crippen molar-refractivity contribution in [2.75, 3.05) is 39.0 Å². The molecule has 21 heavy (non-hydrogen) atoms. The van der Waals surface area contributed by atoms with Crippen LogP contribution in [0.25, 0.3) is 0 Å². The maximum absolute atomic E-state index is 12.4. The number of hydrogen-bond donors (Lipinski definition) is 1. The molecule has 0 bridgehead atoms. The summed E-state index contributed by atoms with van der Waals surface area (Å²) in [6, 6.07) is 0. The number of halogens is 3. The number of rotatable bonds is 6. The van der Waals surface area contributed by atoms with Gasteiger partial charge in [0.15, 0.2) is 0 Å². The molecule has 0 radical (unpaired) electrons. The van der Waals surface area contributed by atoms with Crippen LogP contribution in [0, 0.1) is 5.92 Å². The Labute approximate surface area is 121 Å². The highest BCUT2D eigenvalue weighted by molar-refractivity contribution is 7.88. The highest BCUT2D eigenvalue weighted by Gasteiger charge is 2.34. The highest BCUT2D eigenvalue weighted by Crippen LogP contribution is 2.22. The molecule has 10 heteroatoms. The van der Waals surface area contributed by atoms with Gasteiger partial charge in [0.2, 0.25) is 10.0 Å². The van der Waals surface area contributed by atoms with E-state index in [9.17, 15) is 26.4 Å². The third-order valence-electron chi connectivity index (χ3n) is 3.23. The Morgan fingerprint density at radius 1 is 1.43 bits per heavy atom. The van der Waals surface area contributed by atoms with E-state index in [1.165, 1.54) is 4.31 Å². The summed E-state index contributed by atoms with van der Waals surface area (Å²) in [5.74, 6) is -1.63. The first-order valence-corrected chi connectivity index (χ1v) is 8.28. The van der Waals surface area contributed by atoms with E-state index in [1.807, 2.05) is 0 Å². The molecular weight excluding hydrogens is 313 g/mol. The van der Waals surface area contributed by atoms with Crippen LogP contribution in [0.4, 0.5) is 13.2 Å². The van der Waals surface area contributed by atoms with Crippen molar-refractivity contribution < 1.29 is 31.5 Å². The van der Waals surface area contributed by atoms with Crippen LogP contribution in [-0.2, 0) is 14.8 Å². The molecule has 1 aliphatic heterocycles. The van der Waals surface area contributed by atoms with Crippen molar-refractivity contribution in [2.45, 2.75) is 19.0 Å². The second kappa shape index (κ2) is 6.93. The topological polar surface area (TPSA) is 77.9 Å². The zero-order chi connectivity index (χ0) is 16.3. The van der Waals surface area contributed by atoms with Crippen LogP contribution in [0.5, 0.6) is 0 Å². The molecule has 1 unspecified atom stereocenters. The van der Waals surface area contributed by atoms with Gasteiger partial charge >= 0.3 is 12.1 Å². The largest absolute Gasteiger partial charge is 0.480 e. The smallest absolute Gasteiger partial charge is 0.401 e. The van der Waals surface area contributed by atoms with Crippen LogP contribution in [0.2, 0.25) is 0 Å². The van der Waals surface area contributed by atoms with E-state index in [4.69, 9.17) is 5.11 Å². The maximum atomic E-state index is 12.4. The molecule has 1 heterocycles. The van der Waals surface area contributed by atoms with Crippen LogP contribution in [0.1, 0.15) is 12.8 Å². The average molecular weight is 332 g/mol. The Balaban J connectivity index is 2.67. The standard InChI is InChI=1S/C11H19F3N2O4S/c1-21(19,20)16-4-2-3-9(6-16)5-15(7-10(17)18)8-11(12,13)14/h9H,2-8H2,1H3,(H,17,18). The minimum atomic E-state index is -4.49. The van der Waals surface area contributed by atoms with E-state index in [2.05, 4.69) is 0 Å². The highest BCUT2D eigenvalue weighted by atomic mass is 32.2. The predicted molar refractivity (Wildman–Crippen MR) is 69.3 cm³/mol. The molecule has 1 aliphatic rings. The molecule has 1 fully saturated rings. The van der Waals surface area contributed by atoms with Gasteiger partial charge in [0, 0.05) is 19.6 Å². The van der Waals surface area contributed by atoms with E-state index in [1.54, 1.807) is 0 Å². The van der Waals surface area contributed by atoms with Gasteiger partial charge in [-0.05, 0) is 18.8 Å². The zero-order valence-corrected chi connectivity index (χ0v) is 12.5. The molecule has 124 valence electrons. The molecule has 1 saturated heterocycles. The summed E-state index contributed by atoms with van der Waals surface area (Å²) in [6.07, 6.45) is -2.29. The second-order valence-electron chi connectivity index (χ2n) is 5.31. The van der Waals surface area contributed by atoms with Crippen LogP contribution >= 0.6 is 0 Å². The fourth-order valence-electron chi connectivity index (χ4n) is 2.47. The number of alkyl halides is 3. The van der Waals surface area contributed by atoms with Gasteiger partial charge in [-0.15, -0.1) is 0 Å². The molecule has 0 aromatic heterocycles. The fraction of sp³-hybridized carbons (Fsp3) is 0.909. The lowest BCUT2D eigenvalue weighted by Crippen LogP contribution is -2.46. The number of hydrogen-bond acceptors (Lipinski definition) is 4. The quantitative estimate of drug-likeness (QED) is 0.771. The summed E-state index contributed by atoms with van der Waals surface area (Å²) in [5.41, 5.74) is 0. The predicted octanol–water partition coefficient (Wildman–Crippen LogP) is 0.607. The molecule has 1 rings (SSSR count). The number of piperidine rings is 1. The number of nitrogens with zero attached hydrogens (tertiary/aromatic N) is 2. The van der Waals surface area contributed by atoms with Crippen molar-refractivity contribution in [1.29, 1.82) is 0 Å². The molecule has 0 aliphatic carbocycles. The zero-order valence-electron chi connectivity index (χ0n) is 11.6. The minimum Gasteiger partial charge on any atom is -0.480 e. The molecule has 0 aromatic carbocycles. The molecule has 0 amide bonds. The van der Waals surface area contributed by atoms with E-state index in [0.29, 0.717) is 19.4 Å². The Morgan fingerprint density at radius 3 is 2.52 bits per heavy atom. The molecule has 6 nitrogen and oxygen atoms in total. The van der Waals surface area contributed by atoms with Crippen molar-refractivity contribution >= 4 is 16.0 Å². The van der Waals surface area contributed by atoms with Gasteiger partial charge in [0.05, 0.1) is 19.3 Å². The van der Waals surface area contributed by atoms with Crippen LogP contribution < -0.4 is 0 Å². The average Bonchev–Trinajstić information content (AvgIpc) is 2.24. The first kappa shape index (κ1) is 18.2. The Kier molecular flexibility index (Phi) is 6.00. The van der Waals surface area contributed by atoms with Gasteiger partial charge in [-0.1, -0.05) is 0 Å². The third-order valence-corrected chi connectivity index (χ3v) is 4.50. The fourth-order valence-corrected chi connectivity index (χ4v) is 3.41. The molecule has 0 saturated carbocycles. The van der Waals surface area contributed by atoms with Gasteiger partial charge in [0.1, 0.15) is 0 Å². The minimum absolute atomic E-state index is 0.0855. The summed E-state index contributed by atoms with van der Waals surface area (Å²) in [4.78, 5) is 11.4. The van der Waals surface area contributed by atoms with Gasteiger partial charge in [-0.3, -0.25) is 9.69 Å². The number of carboxylic acids is 1. The van der Waals surface area contributed by atoms with E-state index < -0.39 is 35.3 Å². The summed E-state index contributed by atoms with van der Waals surface area (Å²) in [5, 5.41) is 8.68. The number of sulfonamides is 1. The van der Waals surface area contributed by atoms with Crippen LogP contribution in [0.3, 0.4) is 0 Å². The monoisotopic (exact) mass is 332 g/mol. The molecule has 1 N–H and O–H groups in total. The molecular formula is C11H19F3N2O4S. The summed E-state index contributed by atoms with van der Waals surface area (Å²) < 4.78 is 61.5. The normalized spacial score (nSPS) is 21.7. The molecule has 1 atom stereocenters. The lowest BCUT2D eigenvalue weighted by Gasteiger charge is -2.34. The molecule has 0 spiro atoms. The van der Waals surface area contributed by atoms with Crippen molar-refractivity contribution in [3.8, 4) is 0 Å². The van der Waals surface area contributed by atoms with Crippen LogP contribution in [0.15, 0.2) is 0 Å². The molecule has 0 aromatic rings. The van der Waals surface area contributed by atoms with Gasteiger partial charge in [0.25, 0.3) is 0 Å². The van der Waals surface area contributed by atoms with Crippen molar-refractivity contribution in [3.63, 3.8) is 0 Å². The number of aliphatic carboxylic acids is 1. The summed E-state index contributed by atoms with van der Waals surface area (Å²) >= 11 is 0. The van der Waals surface area contributed by atoms with Crippen molar-refractivity contribution in [2.24, 2.45) is 5.92 Å². The Hall–Kier alpha value is -0.870. The van der Waals surface area contributed by atoms with Crippen molar-refractivity contribution in [1.82, 2.24) is 9.21 Å². The lowest BCUT2D eigenvalue weighted by atomic mass is 9.99. The number of carboxylic acid groups (broad SMARTS) is 1. The third kappa shape index (κ3) is 7.09. The lowest BCUT2D eigenvalue weighted by molar-refractivity contribution is -0.155. The van der Waals surface area contributed by atoms with Gasteiger partial charge < -0.3 is 5.11 Å². The van der Waals surface area contributed by atoms with E-state index in [0.717, 1.165) is 11.2 Å².